The zero-order valence-corrected chi connectivity index (χ0v) is 14.8. The summed E-state index contributed by atoms with van der Waals surface area (Å²) >= 11 is 1.64. The molecule has 0 spiro atoms. The summed E-state index contributed by atoms with van der Waals surface area (Å²) in [6.45, 7) is 4.39. The van der Waals surface area contributed by atoms with Crippen molar-refractivity contribution in [2.75, 3.05) is 6.54 Å². The molecule has 0 saturated heterocycles. The SMILES string of the molecule is CC(C)(CNC(=O)c1cccc([N+](=O)[O-])c1)SCc1ccc(F)cc1. The maximum atomic E-state index is 12.9. The molecular formula is C18H19FN2O3S. The molecule has 0 saturated carbocycles. The fraction of sp³-hybridized carbons (Fsp3) is 0.278. The minimum Gasteiger partial charge on any atom is -0.351 e. The molecule has 0 radical (unpaired) electrons. The lowest BCUT2D eigenvalue weighted by Crippen LogP contribution is -2.36. The number of nitrogens with one attached hydrogen (secondary N) is 1. The molecule has 1 amide bonds. The summed E-state index contributed by atoms with van der Waals surface area (Å²) in [6, 6.07) is 12.0. The fourth-order valence-corrected chi connectivity index (χ4v) is 2.99. The van der Waals surface area contributed by atoms with Gasteiger partial charge in [0.2, 0.25) is 0 Å². The number of nitro groups is 1. The predicted octanol–water partition coefficient (Wildman–Crippen LogP) is 4.18. The molecule has 0 heterocycles. The second kappa shape index (κ2) is 8.11. The van der Waals surface area contributed by atoms with Crippen LogP contribution in [0.4, 0.5) is 10.1 Å². The fourth-order valence-electron chi connectivity index (χ4n) is 2.07. The Labute approximate surface area is 149 Å². The van der Waals surface area contributed by atoms with Crippen molar-refractivity contribution >= 4 is 23.4 Å². The lowest BCUT2D eigenvalue weighted by molar-refractivity contribution is -0.384. The van der Waals surface area contributed by atoms with Crippen molar-refractivity contribution in [3.8, 4) is 0 Å². The zero-order chi connectivity index (χ0) is 18.4. The number of carbonyl (C=O) groups is 1. The second-order valence-corrected chi connectivity index (χ2v) is 7.85. The smallest absolute Gasteiger partial charge is 0.270 e. The van der Waals surface area contributed by atoms with Crippen LogP contribution in [0, 0.1) is 15.9 Å². The zero-order valence-electron chi connectivity index (χ0n) is 14.0. The number of thioether (sulfide) groups is 1. The Morgan fingerprint density at radius 3 is 2.56 bits per heavy atom. The molecule has 0 aliphatic heterocycles. The Bertz CT molecular complexity index is 763. The van der Waals surface area contributed by atoms with E-state index in [0.717, 1.165) is 5.56 Å². The summed E-state index contributed by atoms with van der Waals surface area (Å²) in [5.41, 5.74) is 1.15. The van der Waals surface area contributed by atoms with E-state index >= 15 is 0 Å². The Balaban J connectivity index is 1.90. The van der Waals surface area contributed by atoms with Crippen LogP contribution in [-0.4, -0.2) is 22.1 Å². The Morgan fingerprint density at radius 2 is 1.92 bits per heavy atom. The van der Waals surface area contributed by atoms with E-state index in [-0.39, 0.29) is 27.7 Å². The van der Waals surface area contributed by atoms with E-state index in [1.54, 1.807) is 30.0 Å². The van der Waals surface area contributed by atoms with Gasteiger partial charge in [0.25, 0.3) is 11.6 Å². The lowest BCUT2D eigenvalue weighted by atomic mass is 10.1. The predicted molar refractivity (Wildman–Crippen MR) is 97.2 cm³/mol. The van der Waals surface area contributed by atoms with Crippen molar-refractivity contribution < 1.29 is 14.1 Å². The number of hydrogen-bond acceptors (Lipinski definition) is 4. The van der Waals surface area contributed by atoms with E-state index in [4.69, 9.17) is 0 Å². The van der Waals surface area contributed by atoms with Crippen LogP contribution < -0.4 is 5.32 Å². The van der Waals surface area contributed by atoms with Gasteiger partial charge in [-0.2, -0.15) is 0 Å². The highest BCUT2D eigenvalue weighted by Crippen LogP contribution is 2.27. The topological polar surface area (TPSA) is 72.2 Å². The summed E-state index contributed by atoms with van der Waals surface area (Å²) in [5, 5.41) is 13.6. The molecule has 7 heteroatoms. The highest BCUT2D eigenvalue weighted by molar-refractivity contribution is 7.99. The number of halogens is 1. The molecule has 1 N–H and O–H groups in total. The van der Waals surface area contributed by atoms with Gasteiger partial charge in [-0.05, 0) is 37.6 Å². The van der Waals surface area contributed by atoms with Crippen molar-refractivity contribution in [2.24, 2.45) is 0 Å². The second-order valence-electron chi connectivity index (χ2n) is 6.16. The maximum absolute atomic E-state index is 12.9. The summed E-state index contributed by atoms with van der Waals surface area (Å²) < 4.78 is 12.7. The monoisotopic (exact) mass is 362 g/mol. The summed E-state index contributed by atoms with van der Waals surface area (Å²) in [5.74, 6) is 0.0799. The molecule has 0 aliphatic carbocycles. The lowest BCUT2D eigenvalue weighted by Gasteiger charge is -2.24. The largest absolute Gasteiger partial charge is 0.351 e. The van der Waals surface area contributed by atoms with Crippen LogP contribution in [0.2, 0.25) is 0 Å². The van der Waals surface area contributed by atoms with E-state index in [1.165, 1.54) is 30.3 Å². The van der Waals surface area contributed by atoms with Gasteiger partial charge in [0.15, 0.2) is 0 Å². The van der Waals surface area contributed by atoms with Crippen molar-refractivity contribution in [3.63, 3.8) is 0 Å². The minimum atomic E-state index is -0.529. The quantitative estimate of drug-likeness (QED) is 0.592. The van der Waals surface area contributed by atoms with Crippen molar-refractivity contribution in [3.05, 3.63) is 75.6 Å². The van der Waals surface area contributed by atoms with Gasteiger partial charge in [0.1, 0.15) is 5.82 Å². The van der Waals surface area contributed by atoms with Crippen molar-refractivity contribution in [2.45, 2.75) is 24.3 Å². The van der Waals surface area contributed by atoms with Gasteiger partial charge >= 0.3 is 0 Å². The molecule has 0 atom stereocenters. The van der Waals surface area contributed by atoms with Crippen LogP contribution in [0.15, 0.2) is 48.5 Å². The summed E-state index contributed by atoms with van der Waals surface area (Å²) in [6.07, 6.45) is 0. The first-order chi connectivity index (χ1) is 11.8. The normalized spacial score (nSPS) is 11.2. The van der Waals surface area contributed by atoms with Gasteiger partial charge in [-0.1, -0.05) is 18.2 Å². The molecular weight excluding hydrogens is 343 g/mol. The van der Waals surface area contributed by atoms with Gasteiger partial charge in [-0.25, -0.2) is 4.39 Å². The number of rotatable bonds is 7. The van der Waals surface area contributed by atoms with Gasteiger partial charge in [-0.15, -0.1) is 11.8 Å². The third kappa shape index (κ3) is 5.86. The van der Waals surface area contributed by atoms with Crippen LogP contribution in [0.5, 0.6) is 0 Å². The van der Waals surface area contributed by atoms with Gasteiger partial charge in [0, 0.05) is 34.7 Å². The first-order valence-corrected chi connectivity index (χ1v) is 8.66. The van der Waals surface area contributed by atoms with Gasteiger partial charge in [0.05, 0.1) is 4.92 Å². The van der Waals surface area contributed by atoms with E-state index in [2.05, 4.69) is 5.32 Å². The standard InChI is InChI=1S/C18H19FN2O3S/c1-18(2,25-11-13-6-8-15(19)9-7-13)12-20-17(22)14-4-3-5-16(10-14)21(23)24/h3-10H,11-12H2,1-2H3,(H,20,22). The van der Waals surface area contributed by atoms with Gasteiger partial charge < -0.3 is 5.32 Å². The number of amides is 1. The molecule has 2 aromatic rings. The van der Waals surface area contributed by atoms with Crippen LogP contribution in [0.25, 0.3) is 0 Å². The van der Waals surface area contributed by atoms with Crippen LogP contribution in [-0.2, 0) is 5.75 Å². The molecule has 132 valence electrons. The number of carbonyl (C=O) groups excluding carboxylic acids is 1. The van der Waals surface area contributed by atoms with Crippen LogP contribution >= 0.6 is 11.8 Å². The molecule has 0 aromatic heterocycles. The first-order valence-electron chi connectivity index (χ1n) is 7.68. The molecule has 25 heavy (non-hydrogen) atoms. The van der Waals surface area contributed by atoms with Gasteiger partial charge in [-0.3, -0.25) is 14.9 Å². The minimum absolute atomic E-state index is 0.113. The number of nitro benzene ring substituents is 1. The number of benzene rings is 2. The van der Waals surface area contributed by atoms with E-state index in [9.17, 15) is 19.3 Å². The number of nitrogens with zero attached hydrogens (tertiary/aromatic N) is 1. The molecule has 5 nitrogen and oxygen atoms in total. The highest BCUT2D eigenvalue weighted by Gasteiger charge is 2.20. The third-order valence-electron chi connectivity index (χ3n) is 3.54. The van der Waals surface area contributed by atoms with Crippen LogP contribution in [0.3, 0.4) is 0 Å². The molecule has 0 unspecified atom stereocenters. The average molecular weight is 362 g/mol. The molecule has 2 aromatic carbocycles. The maximum Gasteiger partial charge on any atom is 0.270 e. The van der Waals surface area contributed by atoms with E-state index in [1.807, 2.05) is 13.8 Å². The summed E-state index contributed by atoms with van der Waals surface area (Å²) in [4.78, 5) is 22.4. The van der Waals surface area contributed by atoms with Crippen molar-refractivity contribution in [1.29, 1.82) is 0 Å². The molecule has 0 bridgehead atoms. The number of non-ortho nitro benzene ring substituents is 1. The molecule has 0 aliphatic rings. The molecule has 0 fully saturated rings. The third-order valence-corrected chi connectivity index (χ3v) is 4.94. The Morgan fingerprint density at radius 1 is 1.24 bits per heavy atom. The van der Waals surface area contributed by atoms with E-state index in [0.29, 0.717) is 12.3 Å². The van der Waals surface area contributed by atoms with E-state index < -0.39 is 4.92 Å². The molecule has 2 rings (SSSR count). The average Bonchev–Trinajstić information content (AvgIpc) is 2.59. The Kier molecular flexibility index (Phi) is 6.14. The number of hydrogen-bond donors (Lipinski definition) is 1. The van der Waals surface area contributed by atoms with Crippen LogP contribution in [0.1, 0.15) is 29.8 Å². The first kappa shape index (κ1) is 18.9. The van der Waals surface area contributed by atoms with Crippen molar-refractivity contribution in [1.82, 2.24) is 5.32 Å². The summed E-state index contributed by atoms with van der Waals surface area (Å²) in [7, 11) is 0. The highest BCUT2D eigenvalue weighted by atomic mass is 32.2. The Hall–Kier alpha value is -2.41.